The maximum absolute atomic E-state index is 13.6. The van der Waals surface area contributed by atoms with E-state index in [0.717, 1.165) is 6.20 Å². The highest BCUT2D eigenvalue weighted by atomic mass is 31.2. The monoisotopic (exact) mass is 528 g/mol. The van der Waals surface area contributed by atoms with Gasteiger partial charge in [-0.1, -0.05) is 18.2 Å². The van der Waals surface area contributed by atoms with Crippen molar-refractivity contribution < 1.29 is 38.1 Å². The first-order valence-electron chi connectivity index (χ1n) is 11.0. The third-order valence-electron chi connectivity index (χ3n) is 4.81. The smallest absolute Gasteiger partial charge is 0.459 e. The molecule has 4 N–H and O–H groups in total. The number of benzene rings is 1. The Morgan fingerprint density at radius 3 is 2.53 bits per heavy atom. The fourth-order valence-electron chi connectivity index (χ4n) is 3.17. The lowest BCUT2D eigenvalue weighted by molar-refractivity contribution is -0.156. The van der Waals surface area contributed by atoms with Crippen molar-refractivity contribution in [2.24, 2.45) is 0 Å². The van der Waals surface area contributed by atoms with Gasteiger partial charge in [-0.2, -0.15) is 14.9 Å². The van der Waals surface area contributed by atoms with Crippen LogP contribution in [0.2, 0.25) is 0 Å². The molecule has 0 amide bonds. The third kappa shape index (κ3) is 7.09. The van der Waals surface area contributed by atoms with Crippen molar-refractivity contribution in [3.63, 3.8) is 0 Å². The molecule has 3 rings (SSSR count). The number of aliphatic hydroxyl groups is 2. The summed E-state index contributed by atoms with van der Waals surface area (Å²) < 4.78 is 36.0. The summed E-state index contributed by atoms with van der Waals surface area (Å²) in [7, 11) is -4.28. The first kappa shape index (κ1) is 27.7. The Morgan fingerprint density at radius 2 is 1.92 bits per heavy atom. The molecule has 36 heavy (non-hydrogen) atoms. The van der Waals surface area contributed by atoms with Crippen molar-refractivity contribution in [1.29, 1.82) is 0 Å². The van der Waals surface area contributed by atoms with Gasteiger partial charge in [-0.3, -0.25) is 19.1 Å². The van der Waals surface area contributed by atoms with Gasteiger partial charge in [0, 0.05) is 0 Å². The van der Waals surface area contributed by atoms with E-state index in [0.29, 0.717) is 4.68 Å². The Hall–Kier alpha value is -2.87. The SMILES string of the molecule is C[C@H](NP(=O)(OC[C@H]1O[C@@H](n2ncc(=O)[nH]c2=O)[C@H](O)[C@@H]1O)Oc1ccccc1)C(=O)OC(C)(C)C. The van der Waals surface area contributed by atoms with Crippen LogP contribution in [0.1, 0.15) is 33.9 Å². The molecule has 2 aromatic rings. The zero-order valence-corrected chi connectivity index (χ0v) is 21.0. The molecule has 1 aliphatic rings. The minimum absolute atomic E-state index is 0.166. The molecule has 14 nitrogen and oxygen atoms in total. The summed E-state index contributed by atoms with van der Waals surface area (Å²) in [6, 6.07) is 6.91. The standard InChI is InChI=1S/C21H29N4O10P/c1-12(19(29)34-21(2,3)4)24-36(31,35-13-8-6-5-7-9-13)32-11-14-16(27)17(28)18(33-14)25-20(30)23-15(26)10-22-25/h5-10,12,14,16-18,27-28H,11H2,1-4H3,(H,24,31)(H,23,26,30)/t12-,14+,16+,17+,18+,36?/m0/s1. The number of aromatic nitrogens is 3. The highest BCUT2D eigenvalue weighted by Gasteiger charge is 2.46. The van der Waals surface area contributed by atoms with Crippen molar-refractivity contribution in [3.8, 4) is 5.75 Å². The van der Waals surface area contributed by atoms with E-state index < -0.39 is 67.8 Å². The van der Waals surface area contributed by atoms with Crippen LogP contribution in [0.5, 0.6) is 5.75 Å². The normalized spacial score (nSPS) is 24.6. The second kappa shape index (κ2) is 11.0. The van der Waals surface area contributed by atoms with Crippen LogP contribution >= 0.6 is 7.75 Å². The van der Waals surface area contributed by atoms with Gasteiger partial charge in [-0.15, -0.1) is 0 Å². The Bertz CT molecular complexity index is 1210. The average Bonchev–Trinajstić information content (AvgIpc) is 3.06. The van der Waals surface area contributed by atoms with Crippen molar-refractivity contribution in [1.82, 2.24) is 19.9 Å². The van der Waals surface area contributed by atoms with Crippen LogP contribution < -0.4 is 20.9 Å². The van der Waals surface area contributed by atoms with Gasteiger partial charge in [-0.05, 0) is 39.8 Å². The molecular weight excluding hydrogens is 499 g/mol. The number of aliphatic hydroxyl groups excluding tert-OH is 2. The van der Waals surface area contributed by atoms with Crippen molar-refractivity contribution >= 4 is 13.7 Å². The van der Waals surface area contributed by atoms with Crippen LogP contribution in [0.25, 0.3) is 0 Å². The van der Waals surface area contributed by atoms with Crippen molar-refractivity contribution in [2.75, 3.05) is 6.61 Å². The molecule has 1 aromatic carbocycles. The summed E-state index contributed by atoms with van der Waals surface area (Å²) in [5.74, 6) is -0.543. The molecule has 6 atom stereocenters. The quantitative estimate of drug-likeness (QED) is 0.253. The number of para-hydroxylation sites is 1. The Kier molecular flexibility index (Phi) is 8.49. The van der Waals surface area contributed by atoms with Crippen molar-refractivity contribution in [2.45, 2.75) is 63.9 Å². The van der Waals surface area contributed by atoms with E-state index in [1.54, 1.807) is 39.0 Å². The Labute approximate surface area is 205 Å². The molecule has 15 heteroatoms. The number of carbonyl (C=O) groups is 1. The highest BCUT2D eigenvalue weighted by molar-refractivity contribution is 7.52. The van der Waals surface area contributed by atoms with Gasteiger partial charge in [0.2, 0.25) is 0 Å². The zero-order valence-electron chi connectivity index (χ0n) is 20.1. The number of H-pyrrole nitrogens is 1. The maximum Gasteiger partial charge on any atom is 0.459 e. The summed E-state index contributed by atoms with van der Waals surface area (Å²) in [4.78, 5) is 37.7. The maximum atomic E-state index is 13.6. The summed E-state index contributed by atoms with van der Waals surface area (Å²) in [6.45, 7) is 5.87. The average molecular weight is 528 g/mol. The molecule has 1 aromatic heterocycles. The van der Waals surface area contributed by atoms with Gasteiger partial charge in [0.25, 0.3) is 5.56 Å². The molecule has 2 heterocycles. The minimum Gasteiger partial charge on any atom is -0.459 e. The summed E-state index contributed by atoms with van der Waals surface area (Å²) >= 11 is 0. The molecule has 1 unspecified atom stereocenters. The Morgan fingerprint density at radius 1 is 1.25 bits per heavy atom. The van der Waals surface area contributed by atoms with E-state index in [1.807, 2.05) is 4.98 Å². The number of nitrogens with zero attached hydrogens (tertiary/aromatic N) is 2. The first-order valence-corrected chi connectivity index (χ1v) is 12.5. The van der Waals surface area contributed by atoms with E-state index in [1.165, 1.54) is 19.1 Å². The van der Waals surface area contributed by atoms with Gasteiger partial charge in [0.1, 0.15) is 41.9 Å². The minimum atomic E-state index is -4.28. The van der Waals surface area contributed by atoms with Crippen LogP contribution in [0.15, 0.2) is 46.1 Å². The van der Waals surface area contributed by atoms with Crippen LogP contribution in [-0.2, 0) is 23.4 Å². The van der Waals surface area contributed by atoms with Crippen LogP contribution in [0, 0.1) is 0 Å². The van der Waals surface area contributed by atoms with Gasteiger partial charge in [-0.25, -0.2) is 9.36 Å². The number of nitrogens with one attached hydrogen (secondary N) is 2. The summed E-state index contributed by atoms with van der Waals surface area (Å²) in [5, 5.41) is 26.9. The van der Waals surface area contributed by atoms with E-state index in [-0.39, 0.29) is 5.75 Å². The lowest BCUT2D eigenvalue weighted by Crippen LogP contribution is -2.40. The van der Waals surface area contributed by atoms with Gasteiger partial charge in [0.05, 0.1) is 6.61 Å². The number of esters is 1. The molecule has 1 fully saturated rings. The lowest BCUT2D eigenvalue weighted by Gasteiger charge is -2.26. The third-order valence-corrected chi connectivity index (χ3v) is 6.45. The number of carbonyl (C=O) groups excluding carboxylic acids is 1. The van der Waals surface area contributed by atoms with Gasteiger partial charge >= 0.3 is 19.4 Å². The number of ether oxygens (including phenoxy) is 2. The van der Waals surface area contributed by atoms with Crippen LogP contribution in [0.4, 0.5) is 0 Å². The predicted octanol–water partition coefficient (Wildman–Crippen LogP) is 0.0743. The number of aromatic amines is 1. The second-order valence-corrected chi connectivity index (χ2v) is 10.7. The molecule has 0 bridgehead atoms. The fraction of sp³-hybridized carbons (Fsp3) is 0.524. The summed E-state index contributed by atoms with van der Waals surface area (Å²) in [6.07, 6.45) is -5.14. The van der Waals surface area contributed by atoms with E-state index >= 15 is 0 Å². The van der Waals surface area contributed by atoms with E-state index in [2.05, 4.69) is 10.2 Å². The molecule has 0 saturated carbocycles. The topological polar surface area (TPSA) is 191 Å². The molecule has 0 aliphatic carbocycles. The van der Waals surface area contributed by atoms with Crippen LogP contribution in [0.3, 0.4) is 0 Å². The predicted molar refractivity (Wildman–Crippen MR) is 124 cm³/mol. The Balaban J connectivity index is 1.76. The molecule has 0 radical (unpaired) electrons. The second-order valence-electron chi connectivity index (χ2n) is 9.01. The number of hydrogen-bond donors (Lipinski definition) is 4. The van der Waals surface area contributed by atoms with E-state index in [9.17, 15) is 29.2 Å². The van der Waals surface area contributed by atoms with Gasteiger partial charge in [0.15, 0.2) is 6.23 Å². The molecule has 198 valence electrons. The zero-order chi connectivity index (χ0) is 26.7. The molecule has 0 spiro atoms. The van der Waals surface area contributed by atoms with Gasteiger partial charge < -0.3 is 24.2 Å². The van der Waals surface area contributed by atoms with Crippen LogP contribution in [-0.4, -0.2) is 67.5 Å². The molecule has 1 saturated heterocycles. The number of hydrogen-bond acceptors (Lipinski definition) is 11. The highest BCUT2D eigenvalue weighted by Crippen LogP contribution is 2.46. The number of rotatable bonds is 9. The molecular formula is C21H29N4O10P. The van der Waals surface area contributed by atoms with Crippen molar-refractivity contribution in [3.05, 3.63) is 57.4 Å². The first-order chi connectivity index (χ1) is 16.8. The fourth-order valence-corrected chi connectivity index (χ4v) is 4.68. The molecule has 1 aliphatic heterocycles. The lowest BCUT2D eigenvalue weighted by atomic mass is 10.1. The summed E-state index contributed by atoms with van der Waals surface area (Å²) in [5.41, 5.74) is -2.52. The van der Waals surface area contributed by atoms with E-state index in [4.69, 9.17) is 18.5 Å². The largest absolute Gasteiger partial charge is 0.459 e.